The van der Waals surface area contributed by atoms with Gasteiger partial charge in [-0.1, -0.05) is 48.5 Å². The van der Waals surface area contributed by atoms with Crippen LogP contribution in [0, 0.1) is 0 Å². The highest BCUT2D eigenvalue weighted by Gasteiger charge is 2.16. The maximum absolute atomic E-state index is 12.6. The fraction of sp³-hybridized carbons (Fsp3) is 0.0417. The highest BCUT2D eigenvalue weighted by atomic mass is 16.5. The number of amides is 1. The molecule has 1 heterocycles. The summed E-state index contributed by atoms with van der Waals surface area (Å²) in [5.74, 6) is 0.676. The number of nitrogens with one attached hydrogen (secondary N) is 3. The normalized spacial score (nSPS) is 10.2. The van der Waals surface area contributed by atoms with Gasteiger partial charge >= 0.3 is 0 Å². The number of aromatic nitrogens is 2. The van der Waals surface area contributed by atoms with Crippen molar-refractivity contribution in [3.8, 4) is 5.75 Å². The molecule has 0 radical (unpaired) electrons. The molecule has 0 bridgehead atoms. The van der Waals surface area contributed by atoms with Crippen LogP contribution in [0.25, 0.3) is 0 Å². The topological polar surface area (TPSA) is 117 Å². The molecule has 4 rings (SSSR count). The Bertz CT molecular complexity index is 1180. The van der Waals surface area contributed by atoms with Crippen LogP contribution in [0.5, 0.6) is 5.75 Å². The van der Waals surface area contributed by atoms with Crippen molar-refractivity contribution in [1.82, 2.24) is 15.4 Å². The van der Waals surface area contributed by atoms with Crippen LogP contribution in [0.15, 0.2) is 91.3 Å². The van der Waals surface area contributed by atoms with E-state index in [9.17, 15) is 4.79 Å². The van der Waals surface area contributed by atoms with Crippen molar-refractivity contribution in [1.29, 1.82) is 0 Å². The Morgan fingerprint density at radius 1 is 0.848 bits per heavy atom. The van der Waals surface area contributed by atoms with Gasteiger partial charge in [-0.2, -0.15) is 0 Å². The smallest absolute Gasteiger partial charge is 0.273 e. The van der Waals surface area contributed by atoms with Crippen molar-refractivity contribution < 1.29 is 9.53 Å². The summed E-state index contributed by atoms with van der Waals surface area (Å²) >= 11 is 0. The molecule has 0 saturated heterocycles. The summed E-state index contributed by atoms with van der Waals surface area (Å²) in [4.78, 5) is 21.0. The quantitative estimate of drug-likeness (QED) is 0.303. The number of methoxy groups -OCH3 is 1. The van der Waals surface area contributed by atoms with Crippen molar-refractivity contribution in [2.24, 2.45) is 0 Å². The molecule has 33 heavy (non-hydrogen) atoms. The molecule has 0 aliphatic heterocycles. The molecule has 0 saturated carbocycles. The van der Waals surface area contributed by atoms with Gasteiger partial charge in [0.05, 0.1) is 24.0 Å². The summed E-state index contributed by atoms with van der Waals surface area (Å²) in [6.45, 7) is 0. The Morgan fingerprint density at radius 2 is 1.42 bits per heavy atom. The number of nitrogen functional groups attached to an aromatic ring is 1. The van der Waals surface area contributed by atoms with E-state index in [1.165, 1.54) is 13.4 Å². The molecule has 166 valence electrons. The fourth-order valence-electron chi connectivity index (χ4n) is 3.14. The predicted octanol–water partition coefficient (Wildman–Crippen LogP) is 3.99. The molecule has 1 amide bonds. The summed E-state index contributed by atoms with van der Waals surface area (Å²) in [6, 6.07) is 26.4. The minimum Gasteiger partial charge on any atom is -0.496 e. The summed E-state index contributed by atoms with van der Waals surface area (Å²) in [7, 11) is 1.51. The standard InChI is InChI=1S/C24H23N7O2/c1-33-20-15-9-8-14-19(20)24(32)29-28-22-21(25)23(27-16-26-22)30-31(17-10-4-2-5-11-17)18-12-6-3-7-13-18/h2-16H,25H2,1H3,(H,29,32)(H2,26,27,28,30). The molecule has 0 aliphatic carbocycles. The van der Waals surface area contributed by atoms with Gasteiger partial charge < -0.3 is 10.5 Å². The lowest BCUT2D eigenvalue weighted by Gasteiger charge is -2.26. The Morgan fingerprint density at radius 3 is 2.06 bits per heavy atom. The highest BCUT2D eigenvalue weighted by molar-refractivity contribution is 5.97. The zero-order valence-corrected chi connectivity index (χ0v) is 17.9. The number of carbonyl (C=O) groups excluding carboxylic acids is 1. The summed E-state index contributed by atoms with van der Waals surface area (Å²) in [6.07, 6.45) is 1.35. The van der Waals surface area contributed by atoms with Crippen LogP contribution in [-0.4, -0.2) is 23.0 Å². The molecule has 0 spiro atoms. The average molecular weight is 441 g/mol. The van der Waals surface area contributed by atoms with Crippen molar-refractivity contribution in [3.05, 3.63) is 96.8 Å². The first-order chi connectivity index (χ1) is 16.2. The third-order valence-electron chi connectivity index (χ3n) is 4.78. The number of nitrogens with two attached hydrogens (primary N) is 1. The lowest BCUT2D eigenvalue weighted by molar-refractivity contribution is 0.0959. The minimum absolute atomic E-state index is 0.231. The SMILES string of the molecule is COc1ccccc1C(=O)NNc1ncnc(NN(c2ccccc2)c2ccccc2)c1N. The third-order valence-corrected chi connectivity index (χ3v) is 4.78. The van der Waals surface area contributed by atoms with E-state index in [0.717, 1.165) is 11.4 Å². The number of carbonyl (C=O) groups is 1. The molecule has 1 aromatic heterocycles. The number of ether oxygens (including phenoxy) is 1. The molecular formula is C24H23N7O2. The van der Waals surface area contributed by atoms with E-state index in [0.29, 0.717) is 17.1 Å². The second-order valence-corrected chi connectivity index (χ2v) is 6.88. The van der Waals surface area contributed by atoms with Gasteiger partial charge in [0.15, 0.2) is 11.6 Å². The minimum atomic E-state index is -0.393. The first-order valence-corrected chi connectivity index (χ1v) is 10.1. The van der Waals surface area contributed by atoms with Crippen molar-refractivity contribution in [2.75, 3.05) is 28.7 Å². The zero-order chi connectivity index (χ0) is 23.0. The summed E-state index contributed by atoms with van der Waals surface area (Å²) in [5.41, 5.74) is 17.3. The van der Waals surface area contributed by atoms with Crippen LogP contribution in [0.2, 0.25) is 0 Å². The predicted molar refractivity (Wildman–Crippen MR) is 129 cm³/mol. The molecule has 0 unspecified atom stereocenters. The van der Waals surface area contributed by atoms with Crippen LogP contribution in [0.4, 0.5) is 28.7 Å². The number of anilines is 5. The van der Waals surface area contributed by atoms with Crippen molar-refractivity contribution in [3.63, 3.8) is 0 Å². The van der Waals surface area contributed by atoms with Gasteiger partial charge in [-0.15, -0.1) is 0 Å². The second-order valence-electron chi connectivity index (χ2n) is 6.88. The molecule has 0 fully saturated rings. The van der Waals surface area contributed by atoms with Crippen molar-refractivity contribution >= 4 is 34.6 Å². The number of hydrogen-bond donors (Lipinski definition) is 4. The molecule has 0 atom stereocenters. The van der Waals surface area contributed by atoms with E-state index in [2.05, 4.69) is 26.2 Å². The maximum Gasteiger partial charge on any atom is 0.273 e. The average Bonchev–Trinajstić information content (AvgIpc) is 2.88. The van der Waals surface area contributed by atoms with Crippen molar-refractivity contribution in [2.45, 2.75) is 0 Å². The first kappa shape index (κ1) is 21.4. The molecular weight excluding hydrogens is 418 g/mol. The Kier molecular flexibility index (Phi) is 6.51. The highest BCUT2D eigenvalue weighted by Crippen LogP contribution is 2.29. The lowest BCUT2D eigenvalue weighted by Crippen LogP contribution is -2.31. The van der Waals surface area contributed by atoms with E-state index in [-0.39, 0.29) is 11.5 Å². The third kappa shape index (κ3) is 4.93. The summed E-state index contributed by atoms with van der Waals surface area (Å²) < 4.78 is 5.23. The monoisotopic (exact) mass is 441 g/mol. The molecule has 3 aromatic carbocycles. The zero-order valence-electron chi connectivity index (χ0n) is 17.9. The maximum atomic E-state index is 12.6. The number of benzene rings is 3. The lowest BCUT2D eigenvalue weighted by atomic mass is 10.2. The van der Waals surface area contributed by atoms with Gasteiger partial charge in [0, 0.05) is 0 Å². The Hall–Kier alpha value is -4.79. The first-order valence-electron chi connectivity index (χ1n) is 10.1. The Labute approximate surface area is 191 Å². The van der Waals surface area contributed by atoms with E-state index in [1.54, 1.807) is 24.3 Å². The number of hydrogen-bond acceptors (Lipinski definition) is 8. The largest absolute Gasteiger partial charge is 0.496 e. The fourth-order valence-corrected chi connectivity index (χ4v) is 3.14. The molecule has 5 N–H and O–H groups in total. The number of para-hydroxylation sites is 3. The van der Waals surface area contributed by atoms with Crippen LogP contribution in [0.3, 0.4) is 0 Å². The van der Waals surface area contributed by atoms with Crippen LogP contribution in [-0.2, 0) is 0 Å². The number of nitrogens with zero attached hydrogens (tertiary/aromatic N) is 3. The van der Waals surface area contributed by atoms with Crippen LogP contribution < -0.4 is 31.8 Å². The van der Waals surface area contributed by atoms with Gasteiger partial charge in [-0.05, 0) is 36.4 Å². The Balaban J connectivity index is 1.55. The summed E-state index contributed by atoms with van der Waals surface area (Å²) in [5, 5.41) is 1.86. The van der Waals surface area contributed by atoms with Gasteiger partial charge in [0.2, 0.25) is 0 Å². The van der Waals surface area contributed by atoms with E-state index >= 15 is 0 Å². The van der Waals surface area contributed by atoms with Gasteiger partial charge in [-0.3, -0.25) is 26.1 Å². The van der Waals surface area contributed by atoms with Crippen LogP contribution >= 0.6 is 0 Å². The van der Waals surface area contributed by atoms with Gasteiger partial charge in [0.1, 0.15) is 17.8 Å². The van der Waals surface area contributed by atoms with Gasteiger partial charge in [0.25, 0.3) is 5.91 Å². The number of rotatable bonds is 8. The molecule has 9 nitrogen and oxygen atoms in total. The molecule has 0 aliphatic rings. The molecule has 9 heteroatoms. The van der Waals surface area contributed by atoms with E-state index in [4.69, 9.17) is 10.5 Å². The molecule has 4 aromatic rings. The van der Waals surface area contributed by atoms with Crippen LogP contribution in [0.1, 0.15) is 10.4 Å². The second kappa shape index (κ2) is 10.0. The number of hydrazine groups is 2. The van der Waals surface area contributed by atoms with E-state index < -0.39 is 5.91 Å². The van der Waals surface area contributed by atoms with E-state index in [1.807, 2.05) is 65.7 Å². The van der Waals surface area contributed by atoms with Gasteiger partial charge in [-0.25, -0.2) is 9.97 Å².